The van der Waals surface area contributed by atoms with Crippen LogP contribution in [0.3, 0.4) is 0 Å². The van der Waals surface area contributed by atoms with Crippen LogP contribution in [0, 0.1) is 12.3 Å². The molecule has 1 saturated heterocycles. The van der Waals surface area contributed by atoms with Gasteiger partial charge in [0.25, 0.3) is 0 Å². The normalized spacial score (nSPS) is 17.8. The lowest BCUT2D eigenvalue weighted by molar-refractivity contribution is -0.211. The van der Waals surface area contributed by atoms with E-state index in [1.165, 1.54) is 4.90 Å². The lowest BCUT2D eigenvalue weighted by atomic mass is 9.72. The number of urea groups is 1. The zero-order chi connectivity index (χ0) is 27.0. The number of hydrogen-bond acceptors (Lipinski definition) is 5. The SMILES string of the molecule is CCC[C@@H](NC(=O)N1C(=O)C(CC)(CC)C1OCC(=O)N(C)CCN(C)C(C)C)c1ccc(C)cc1. The standard InChI is InChI=1S/C28H46N4O4/c1-9-12-23(22-15-13-21(6)14-16-22)29-27(35)32-25(34)28(10-2,11-3)26(32)36-19-24(33)31(8)18-17-30(7)20(4)5/h13-16,20,23,26H,9-12,17-19H2,1-8H3,(H,29,35)/t23-,26?/m1/s1. The Morgan fingerprint density at radius 2 is 1.69 bits per heavy atom. The van der Waals surface area contributed by atoms with Crippen LogP contribution in [0.15, 0.2) is 24.3 Å². The first-order chi connectivity index (χ1) is 17.0. The van der Waals surface area contributed by atoms with E-state index in [0.29, 0.717) is 25.4 Å². The van der Waals surface area contributed by atoms with Gasteiger partial charge in [-0.15, -0.1) is 0 Å². The maximum absolute atomic E-state index is 13.3. The van der Waals surface area contributed by atoms with Crippen molar-refractivity contribution < 1.29 is 19.1 Å². The predicted molar refractivity (Wildman–Crippen MR) is 142 cm³/mol. The van der Waals surface area contributed by atoms with Crippen molar-refractivity contribution in [2.45, 2.75) is 85.5 Å². The van der Waals surface area contributed by atoms with E-state index < -0.39 is 17.7 Å². The Kier molecular flexibility index (Phi) is 10.9. The molecule has 1 aromatic rings. The molecular weight excluding hydrogens is 456 g/mol. The van der Waals surface area contributed by atoms with E-state index in [1.807, 2.05) is 52.1 Å². The van der Waals surface area contributed by atoms with E-state index in [4.69, 9.17) is 4.74 Å². The van der Waals surface area contributed by atoms with Gasteiger partial charge in [-0.1, -0.05) is 57.0 Å². The van der Waals surface area contributed by atoms with Gasteiger partial charge in [-0.25, -0.2) is 9.69 Å². The molecule has 0 spiro atoms. The third-order valence-electron chi connectivity index (χ3n) is 7.65. The summed E-state index contributed by atoms with van der Waals surface area (Å²) < 4.78 is 6.02. The van der Waals surface area contributed by atoms with Crippen molar-refractivity contribution in [1.29, 1.82) is 0 Å². The van der Waals surface area contributed by atoms with Crippen molar-refractivity contribution in [2.24, 2.45) is 5.41 Å². The largest absolute Gasteiger partial charge is 0.347 e. The van der Waals surface area contributed by atoms with Gasteiger partial charge in [0.15, 0.2) is 6.23 Å². The van der Waals surface area contributed by atoms with Crippen LogP contribution in [0.4, 0.5) is 4.79 Å². The van der Waals surface area contributed by atoms with E-state index in [1.54, 1.807) is 11.9 Å². The fraction of sp³-hybridized carbons (Fsp3) is 0.679. The number of likely N-dealkylation sites (tertiary alicyclic amines) is 1. The fourth-order valence-electron chi connectivity index (χ4n) is 4.55. The van der Waals surface area contributed by atoms with Crippen molar-refractivity contribution in [1.82, 2.24) is 20.0 Å². The van der Waals surface area contributed by atoms with Crippen LogP contribution in [0.5, 0.6) is 0 Å². The van der Waals surface area contributed by atoms with Crippen LogP contribution >= 0.6 is 0 Å². The minimum absolute atomic E-state index is 0.170. The zero-order valence-corrected chi connectivity index (χ0v) is 23.5. The first-order valence-electron chi connectivity index (χ1n) is 13.3. The van der Waals surface area contributed by atoms with Gasteiger partial charge < -0.3 is 19.9 Å². The average molecular weight is 503 g/mol. The first-order valence-corrected chi connectivity index (χ1v) is 13.3. The molecule has 1 N–H and O–H groups in total. The van der Waals surface area contributed by atoms with Crippen LogP contribution in [-0.4, -0.2) is 78.6 Å². The van der Waals surface area contributed by atoms with Crippen LogP contribution in [0.2, 0.25) is 0 Å². The Bertz CT molecular complexity index is 882. The van der Waals surface area contributed by atoms with Gasteiger partial charge in [-0.3, -0.25) is 9.59 Å². The molecule has 1 unspecified atom stereocenters. The highest BCUT2D eigenvalue weighted by molar-refractivity contribution is 6.03. The topological polar surface area (TPSA) is 82.2 Å². The number of β-lactam (4-membered cyclic amide) rings is 1. The molecule has 202 valence electrons. The minimum atomic E-state index is -0.793. The van der Waals surface area contributed by atoms with Gasteiger partial charge in [-0.2, -0.15) is 0 Å². The van der Waals surface area contributed by atoms with E-state index >= 15 is 0 Å². The number of amides is 4. The van der Waals surface area contributed by atoms with Gasteiger partial charge >= 0.3 is 6.03 Å². The van der Waals surface area contributed by atoms with Gasteiger partial charge in [-0.05, 0) is 52.6 Å². The van der Waals surface area contributed by atoms with E-state index in [0.717, 1.165) is 30.5 Å². The Morgan fingerprint density at radius 3 is 2.22 bits per heavy atom. The molecule has 8 nitrogen and oxygen atoms in total. The maximum atomic E-state index is 13.3. The molecule has 0 aromatic heterocycles. The fourth-order valence-corrected chi connectivity index (χ4v) is 4.55. The van der Waals surface area contributed by atoms with Crippen molar-refractivity contribution >= 4 is 17.8 Å². The molecule has 36 heavy (non-hydrogen) atoms. The Morgan fingerprint density at radius 1 is 1.08 bits per heavy atom. The summed E-state index contributed by atoms with van der Waals surface area (Å²) in [6, 6.07) is 7.77. The highest BCUT2D eigenvalue weighted by atomic mass is 16.5. The molecule has 1 aromatic carbocycles. The maximum Gasteiger partial charge on any atom is 0.326 e. The quantitative estimate of drug-likeness (QED) is 0.406. The smallest absolute Gasteiger partial charge is 0.326 e. The molecule has 0 bridgehead atoms. The summed E-state index contributed by atoms with van der Waals surface area (Å²) in [5, 5.41) is 3.04. The highest BCUT2D eigenvalue weighted by Gasteiger charge is 2.62. The van der Waals surface area contributed by atoms with Crippen LogP contribution in [0.25, 0.3) is 0 Å². The summed E-state index contributed by atoms with van der Waals surface area (Å²) in [7, 11) is 3.77. The van der Waals surface area contributed by atoms with Gasteiger partial charge in [0.2, 0.25) is 11.8 Å². The third kappa shape index (κ3) is 6.65. The van der Waals surface area contributed by atoms with E-state index in [-0.39, 0.29) is 24.5 Å². The van der Waals surface area contributed by atoms with Crippen LogP contribution < -0.4 is 5.32 Å². The molecule has 8 heteroatoms. The molecule has 2 atom stereocenters. The molecule has 1 aliphatic rings. The number of likely N-dealkylation sites (N-methyl/N-ethyl adjacent to an activating group) is 2. The summed E-state index contributed by atoms with van der Waals surface area (Å²) in [4.78, 5) is 44.3. The second kappa shape index (κ2) is 13.2. The van der Waals surface area contributed by atoms with Gasteiger partial charge in [0.05, 0.1) is 11.5 Å². The highest BCUT2D eigenvalue weighted by Crippen LogP contribution is 2.46. The number of nitrogens with one attached hydrogen (secondary N) is 1. The number of nitrogens with zero attached hydrogens (tertiary/aromatic N) is 3. The summed E-state index contributed by atoms with van der Waals surface area (Å²) in [6.07, 6.45) is 1.94. The lowest BCUT2D eigenvalue weighted by Crippen LogP contribution is -2.72. The van der Waals surface area contributed by atoms with Crippen LogP contribution in [-0.2, 0) is 14.3 Å². The number of carbonyl (C=O) groups excluding carboxylic acids is 3. The molecule has 4 amide bonds. The van der Waals surface area contributed by atoms with Crippen LogP contribution in [0.1, 0.15) is 77.5 Å². The van der Waals surface area contributed by atoms with Crippen molar-refractivity contribution in [3.63, 3.8) is 0 Å². The summed E-state index contributed by atoms with van der Waals surface area (Å²) >= 11 is 0. The molecule has 1 heterocycles. The summed E-state index contributed by atoms with van der Waals surface area (Å²) in [5.74, 6) is -0.412. The monoisotopic (exact) mass is 502 g/mol. The van der Waals surface area contributed by atoms with E-state index in [2.05, 4.69) is 31.0 Å². The average Bonchev–Trinajstić information content (AvgIpc) is 2.85. The van der Waals surface area contributed by atoms with Crippen molar-refractivity contribution in [3.05, 3.63) is 35.4 Å². The number of rotatable bonds is 13. The number of aryl methyl sites for hydroxylation is 1. The number of imide groups is 1. The summed E-state index contributed by atoms with van der Waals surface area (Å²) in [5.41, 5.74) is 1.35. The Balaban J connectivity index is 2.11. The molecule has 0 aliphatic carbocycles. The number of benzene rings is 1. The van der Waals surface area contributed by atoms with Crippen molar-refractivity contribution in [3.8, 4) is 0 Å². The molecule has 2 rings (SSSR count). The molecular formula is C28H46N4O4. The summed E-state index contributed by atoms with van der Waals surface area (Å²) in [6.45, 7) is 13.3. The number of carbonyl (C=O) groups is 3. The molecule has 1 aliphatic heterocycles. The Hall–Kier alpha value is -2.45. The van der Waals surface area contributed by atoms with Gasteiger partial charge in [0, 0.05) is 26.2 Å². The minimum Gasteiger partial charge on any atom is -0.347 e. The number of ether oxygens (including phenoxy) is 1. The zero-order valence-electron chi connectivity index (χ0n) is 23.5. The lowest BCUT2D eigenvalue weighted by Gasteiger charge is -2.53. The van der Waals surface area contributed by atoms with Crippen molar-refractivity contribution in [2.75, 3.05) is 33.8 Å². The number of hydrogen-bond donors (Lipinski definition) is 1. The van der Waals surface area contributed by atoms with Gasteiger partial charge in [0.1, 0.15) is 6.61 Å². The second-order valence-electron chi connectivity index (χ2n) is 10.3. The predicted octanol–water partition coefficient (Wildman–Crippen LogP) is 4.34. The molecule has 1 fully saturated rings. The first kappa shape index (κ1) is 29.8. The Labute approximate surface area is 217 Å². The molecule has 0 saturated carbocycles. The van der Waals surface area contributed by atoms with E-state index in [9.17, 15) is 14.4 Å². The molecule has 0 radical (unpaired) electrons. The second-order valence-corrected chi connectivity index (χ2v) is 10.3. The third-order valence-corrected chi connectivity index (χ3v) is 7.65.